The van der Waals surface area contributed by atoms with Crippen molar-refractivity contribution in [3.8, 4) is 0 Å². The topological polar surface area (TPSA) is 40.5 Å². The molecule has 0 radical (unpaired) electrons. The molecule has 0 bridgehead atoms. The summed E-state index contributed by atoms with van der Waals surface area (Å²) in [4.78, 5) is 0. The molecule has 0 saturated carbocycles. The fraction of sp³-hybridized carbons (Fsp3) is 1.00. The van der Waals surface area contributed by atoms with E-state index < -0.39 is 0 Å². The standard InChI is InChI=1S/C2H6O.CH3BrO/c1-2-3;2-1-3/h3H,2H2,1H3;3H,1H2. The summed E-state index contributed by atoms with van der Waals surface area (Å²) in [7, 11) is 0. The van der Waals surface area contributed by atoms with Gasteiger partial charge in [0.1, 0.15) is 0 Å². The van der Waals surface area contributed by atoms with Crippen molar-refractivity contribution in [2.45, 2.75) is 6.92 Å². The van der Waals surface area contributed by atoms with Crippen LogP contribution in [0.3, 0.4) is 0 Å². The van der Waals surface area contributed by atoms with Gasteiger partial charge in [-0.3, -0.25) is 0 Å². The Bertz CT molecular complexity index is 10.8. The molecule has 0 aromatic rings. The highest BCUT2D eigenvalue weighted by atomic mass is 79.9. The van der Waals surface area contributed by atoms with E-state index >= 15 is 0 Å². The van der Waals surface area contributed by atoms with Crippen molar-refractivity contribution >= 4 is 15.9 Å². The molecular formula is C3H9BrO2. The van der Waals surface area contributed by atoms with E-state index in [0.29, 0.717) is 0 Å². The van der Waals surface area contributed by atoms with Gasteiger partial charge in [-0.05, 0) is 6.92 Å². The Morgan fingerprint density at radius 1 is 1.50 bits per heavy atom. The van der Waals surface area contributed by atoms with Crippen molar-refractivity contribution in [2.75, 3.05) is 12.1 Å². The lowest BCUT2D eigenvalue weighted by atomic mass is 10.9. The van der Waals surface area contributed by atoms with E-state index in [1.54, 1.807) is 6.92 Å². The van der Waals surface area contributed by atoms with Gasteiger partial charge in [0.05, 0.1) is 5.52 Å². The number of halogens is 1. The summed E-state index contributed by atoms with van der Waals surface area (Å²) in [6.07, 6.45) is 0. The number of hydrogen-bond acceptors (Lipinski definition) is 2. The van der Waals surface area contributed by atoms with Crippen LogP contribution in [0.25, 0.3) is 0 Å². The molecule has 0 atom stereocenters. The van der Waals surface area contributed by atoms with Gasteiger partial charge in [-0.25, -0.2) is 0 Å². The van der Waals surface area contributed by atoms with Crippen LogP contribution in [0, 0.1) is 0 Å². The van der Waals surface area contributed by atoms with Gasteiger partial charge in [0.15, 0.2) is 0 Å². The Hall–Kier alpha value is 0.400. The molecule has 2 N–H and O–H groups in total. The van der Waals surface area contributed by atoms with E-state index in [2.05, 4.69) is 15.9 Å². The fourth-order valence-electron chi connectivity index (χ4n) is 0. The van der Waals surface area contributed by atoms with E-state index in [0.717, 1.165) is 0 Å². The number of aliphatic hydroxyl groups is 2. The molecule has 6 heavy (non-hydrogen) atoms. The molecular weight excluding hydrogens is 148 g/mol. The Morgan fingerprint density at radius 3 is 1.50 bits per heavy atom. The Kier molecular flexibility index (Phi) is 29.2. The summed E-state index contributed by atoms with van der Waals surface area (Å²) in [6, 6.07) is 0. The first kappa shape index (κ1) is 9.64. The van der Waals surface area contributed by atoms with Crippen LogP contribution in [-0.4, -0.2) is 22.3 Å². The third-order valence-electron chi connectivity index (χ3n) is 0. The summed E-state index contributed by atoms with van der Waals surface area (Å²) in [5.41, 5.74) is 0.0625. The van der Waals surface area contributed by atoms with Gasteiger partial charge >= 0.3 is 0 Å². The molecule has 0 unspecified atom stereocenters. The van der Waals surface area contributed by atoms with Crippen LogP contribution >= 0.6 is 15.9 Å². The van der Waals surface area contributed by atoms with Gasteiger partial charge in [0.25, 0.3) is 0 Å². The molecule has 0 saturated heterocycles. The van der Waals surface area contributed by atoms with Crippen LogP contribution in [0.4, 0.5) is 0 Å². The van der Waals surface area contributed by atoms with Gasteiger partial charge in [0, 0.05) is 6.61 Å². The van der Waals surface area contributed by atoms with Gasteiger partial charge in [-0.1, -0.05) is 15.9 Å². The first-order valence-corrected chi connectivity index (χ1v) is 2.73. The maximum atomic E-state index is 7.57. The number of alkyl halides is 1. The molecule has 0 heterocycles. The summed E-state index contributed by atoms with van der Waals surface area (Å²) >= 11 is 2.70. The molecule has 3 heteroatoms. The van der Waals surface area contributed by atoms with Crippen molar-refractivity contribution < 1.29 is 10.2 Å². The smallest absolute Gasteiger partial charge is 0.0980 e. The molecule has 0 rings (SSSR count). The second-order valence-electron chi connectivity index (χ2n) is 0.436. The van der Waals surface area contributed by atoms with Gasteiger partial charge < -0.3 is 10.2 Å². The van der Waals surface area contributed by atoms with Crippen molar-refractivity contribution in [1.82, 2.24) is 0 Å². The molecule has 0 aromatic heterocycles. The monoisotopic (exact) mass is 156 g/mol. The molecule has 2 nitrogen and oxygen atoms in total. The van der Waals surface area contributed by atoms with Crippen LogP contribution in [0.15, 0.2) is 0 Å². The quantitative estimate of drug-likeness (QED) is 0.497. The molecule has 40 valence electrons. The molecule has 0 aromatic carbocycles. The van der Waals surface area contributed by atoms with Gasteiger partial charge in [-0.15, -0.1) is 0 Å². The average Bonchev–Trinajstić information content (AvgIpc) is 1.39. The van der Waals surface area contributed by atoms with Crippen LogP contribution in [0.5, 0.6) is 0 Å². The highest BCUT2D eigenvalue weighted by Crippen LogP contribution is 1.62. The zero-order chi connectivity index (χ0) is 5.41. The first-order valence-electron chi connectivity index (χ1n) is 1.61. The predicted molar refractivity (Wildman–Crippen MR) is 28.8 cm³/mol. The van der Waals surface area contributed by atoms with Crippen LogP contribution in [0.1, 0.15) is 6.92 Å². The van der Waals surface area contributed by atoms with E-state index in [4.69, 9.17) is 10.2 Å². The molecule has 0 aliphatic heterocycles. The summed E-state index contributed by atoms with van der Waals surface area (Å²) in [5.74, 6) is 0. The van der Waals surface area contributed by atoms with E-state index in [9.17, 15) is 0 Å². The molecule has 0 aliphatic rings. The second-order valence-corrected chi connectivity index (χ2v) is 0.937. The van der Waals surface area contributed by atoms with Crippen LogP contribution < -0.4 is 0 Å². The van der Waals surface area contributed by atoms with Gasteiger partial charge in [-0.2, -0.15) is 0 Å². The van der Waals surface area contributed by atoms with Crippen molar-refractivity contribution in [1.29, 1.82) is 0 Å². The molecule has 0 amide bonds. The first-order chi connectivity index (χ1) is 2.83. The highest BCUT2D eigenvalue weighted by molar-refractivity contribution is 9.09. The lowest BCUT2D eigenvalue weighted by Gasteiger charge is -1.52. The minimum Gasteiger partial charge on any atom is -0.397 e. The van der Waals surface area contributed by atoms with Crippen molar-refractivity contribution in [3.63, 3.8) is 0 Å². The SMILES string of the molecule is CCO.OCBr. The Balaban J connectivity index is 0. The lowest BCUT2D eigenvalue weighted by molar-refractivity contribution is 0.318. The van der Waals surface area contributed by atoms with Crippen molar-refractivity contribution in [2.24, 2.45) is 0 Å². The number of rotatable bonds is 0. The maximum Gasteiger partial charge on any atom is 0.0980 e. The third kappa shape index (κ3) is 318. The molecule has 0 spiro atoms. The average molecular weight is 157 g/mol. The second kappa shape index (κ2) is 18.2. The maximum absolute atomic E-state index is 7.57. The molecule has 0 aliphatic carbocycles. The van der Waals surface area contributed by atoms with Gasteiger partial charge in [0.2, 0.25) is 0 Å². The Labute approximate surface area is 45.9 Å². The summed E-state index contributed by atoms with van der Waals surface area (Å²) < 4.78 is 0. The van der Waals surface area contributed by atoms with Crippen molar-refractivity contribution in [3.05, 3.63) is 0 Å². The largest absolute Gasteiger partial charge is 0.397 e. The fourth-order valence-corrected chi connectivity index (χ4v) is 0. The van der Waals surface area contributed by atoms with E-state index in [1.807, 2.05) is 0 Å². The van der Waals surface area contributed by atoms with E-state index in [1.165, 1.54) is 0 Å². The third-order valence-corrected chi connectivity index (χ3v) is 0. The van der Waals surface area contributed by atoms with Crippen LogP contribution in [0.2, 0.25) is 0 Å². The summed E-state index contributed by atoms with van der Waals surface area (Å²) in [6.45, 7) is 1.93. The molecule has 0 fully saturated rings. The minimum atomic E-state index is 0.0625. The zero-order valence-corrected chi connectivity index (χ0v) is 5.27. The Morgan fingerprint density at radius 2 is 1.50 bits per heavy atom. The minimum absolute atomic E-state index is 0.0625. The van der Waals surface area contributed by atoms with Crippen LogP contribution in [-0.2, 0) is 0 Å². The zero-order valence-electron chi connectivity index (χ0n) is 3.69. The van der Waals surface area contributed by atoms with E-state index in [-0.39, 0.29) is 12.1 Å². The normalized spacial score (nSPS) is 6.00. The lowest BCUT2D eigenvalue weighted by Crippen LogP contribution is -1.57. The number of hydrogen-bond donors (Lipinski definition) is 2. The summed E-state index contributed by atoms with van der Waals surface area (Å²) in [5, 5.41) is 15.1. The highest BCUT2D eigenvalue weighted by Gasteiger charge is 1.37. The predicted octanol–water partition coefficient (Wildman–Crippen LogP) is 0.330. The number of aliphatic hydroxyl groups excluding tert-OH is 2.